The standard InChI is InChI=1S/C25H32N2O5/c1-3-4-17-31-21-13-9-19(10-14-21)26-24(28)15-16-27(20-11-12-20)25(29)18-32-23-8-6-5-7-22(23)30-2/h5-10,13-14,20H,3-4,11-12,15-18H2,1-2H3,(H,26,28). The van der Waals surface area contributed by atoms with Gasteiger partial charge in [0.1, 0.15) is 5.75 Å². The van der Waals surface area contributed by atoms with E-state index in [4.69, 9.17) is 14.2 Å². The molecule has 0 aromatic heterocycles. The minimum atomic E-state index is -0.131. The summed E-state index contributed by atoms with van der Waals surface area (Å²) >= 11 is 0. The van der Waals surface area contributed by atoms with Crippen LogP contribution in [0.4, 0.5) is 5.69 Å². The molecule has 2 aromatic carbocycles. The number of methoxy groups -OCH3 is 1. The summed E-state index contributed by atoms with van der Waals surface area (Å²) < 4.78 is 16.6. The van der Waals surface area contributed by atoms with Crippen LogP contribution in [0.1, 0.15) is 39.0 Å². The molecule has 1 aliphatic rings. The zero-order chi connectivity index (χ0) is 22.8. The predicted octanol–water partition coefficient (Wildman–Crippen LogP) is 4.27. The van der Waals surface area contributed by atoms with Crippen molar-refractivity contribution in [3.05, 3.63) is 48.5 Å². The van der Waals surface area contributed by atoms with Crippen LogP contribution < -0.4 is 19.5 Å². The van der Waals surface area contributed by atoms with E-state index in [1.54, 1.807) is 24.1 Å². The number of amides is 2. The fraction of sp³-hybridized carbons (Fsp3) is 0.440. The van der Waals surface area contributed by atoms with Crippen molar-refractivity contribution >= 4 is 17.5 Å². The molecule has 2 aromatic rings. The van der Waals surface area contributed by atoms with Crippen molar-refractivity contribution in [2.75, 3.05) is 32.2 Å². The SMILES string of the molecule is CCCCOc1ccc(NC(=O)CCN(C(=O)COc2ccccc2OC)C2CC2)cc1. The summed E-state index contributed by atoms with van der Waals surface area (Å²) in [4.78, 5) is 26.9. The van der Waals surface area contributed by atoms with E-state index in [-0.39, 0.29) is 30.9 Å². The van der Waals surface area contributed by atoms with Crippen LogP contribution in [-0.4, -0.2) is 49.6 Å². The van der Waals surface area contributed by atoms with Gasteiger partial charge in [0.2, 0.25) is 5.91 Å². The van der Waals surface area contributed by atoms with Crippen molar-refractivity contribution in [3.63, 3.8) is 0 Å². The van der Waals surface area contributed by atoms with E-state index < -0.39 is 0 Å². The van der Waals surface area contributed by atoms with Crippen molar-refractivity contribution in [3.8, 4) is 17.2 Å². The molecule has 0 aliphatic heterocycles. The van der Waals surface area contributed by atoms with Gasteiger partial charge in [0.25, 0.3) is 5.91 Å². The topological polar surface area (TPSA) is 77.1 Å². The van der Waals surface area contributed by atoms with E-state index in [0.717, 1.165) is 31.4 Å². The van der Waals surface area contributed by atoms with Crippen LogP contribution in [0.5, 0.6) is 17.2 Å². The molecule has 0 atom stereocenters. The van der Waals surface area contributed by atoms with Gasteiger partial charge in [-0.25, -0.2) is 0 Å². The lowest BCUT2D eigenvalue weighted by Gasteiger charge is -2.22. The molecule has 32 heavy (non-hydrogen) atoms. The van der Waals surface area contributed by atoms with Gasteiger partial charge >= 0.3 is 0 Å². The third kappa shape index (κ3) is 7.18. The second-order valence-electron chi connectivity index (χ2n) is 7.78. The lowest BCUT2D eigenvalue weighted by Crippen LogP contribution is -2.38. The van der Waals surface area contributed by atoms with Gasteiger partial charge in [-0.3, -0.25) is 9.59 Å². The molecule has 0 heterocycles. The van der Waals surface area contributed by atoms with Gasteiger partial charge < -0.3 is 24.4 Å². The molecule has 0 saturated heterocycles. The Kier molecular flexibility index (Phi) is 8.78. The van der Waals surface area contributed by atoms with Gasteiger partial charge in [-0.1, -0.05) is 25.5 Å². The molecule has 3 rings (SSSR count). The molecule has 172 valence electrons. The quantitative estimate of drug-likeness (QED) is 0.471. The Hall–Kier alpha value is -3.22. The fourth-order valence-electron chi connectivity index (χ4n) is 3.27. The average molecular weight is 441 g/mol. The maximum Gasteiger partial charge on any atom is 0.260 e. The molecule has 1 N–H and O–H groups in total. The van der Waals surface area contributed by atoms with Crippen molar-refractivity contribution in [1.82, 2.24) is 4.90 Å². The Labute approximate surface area is 189 Å². The van der Waals surface area contributed by atoms with Gasteiger partial charge in [-0.15, -0.1) is 0 Å². The van der Waals surface area contributed by atoms with Crippen molar-refractivity contribution < 1.29 is 23.8 Å². The summed E-state index contributed by atoms with van der Waals surface area (Å²) in [7, 11) is 1.56. The van der Waals surface area contributed by atoms with E-state index in [1.807, 2.05) is 36.4 Å². The summed E-state index contributed by atoms with van der Waals surface area (Å²) in [6, 6.07) is 14.8. The Morgan fingerprint density at radius 2 is 1.75 bits per heavy atom. The average Bonchev–Trinajstić information content (AvgIpc) is 3.64. The summed E-state index contributed by atoms with van der Waals surface area (Å²) in [5, 5.41) is 2.88. The summed E-state index contributed by atoms with van der Waals surface area (Å²) in [5.74, 6) is 1.64. The van der Waals surface area contributed by atoms with Crippen molar-refractivity contribution in [2.24, 2.45) is 0 Å². The first-order chi connectivity index (χ1) is 15.6. The number of hydrogen-bond donors (Lipinski definition) is 1. The molecule has 7 nitrogen and oxygen atoms in total. The number of carbonyl (C=O) groups excluding carboxylic acids is 2. The summed E-state index contributed by atoms with van der Waals surface area (Å²) in [6.45, 7) is 3.09. The first-order valence-electron chi connectivity index (χ1n) is 11.2. The third-order valence-electron chi connectivity index (χ3n) is 5.21. The minimum Gasteiger partial charge on any atom is -0.494 e. The highest BCUT2D eigenvalue weighted by atomic mass is 16.5. The Bertz CT molecular complexity index is 880. The van der Waals surface area contributed by atoms with E-state index in [1.165, 1.54) is 0 Å². The fourth-order valence-corrected chi connectivity index (χ4v) is 3.27. The van der Waals surface area contributed by atoms with Gasteiger partial charge in [-0.05, 0) is 55.7 Å². The van der Waals surface area contributed by atoms with Crippen molar-refractivity contribution in [1.29, 1.82) is 0 Å². The number of benzene rings is 2. The molecule has 1 aliphatic carbocycles. The van der Waals surface area contributed by atoms with Crippen LogP contribution in [0, 0.1) is 0 Å². The van der Waals surface area contributed by atoms with E-state index >= 15 is 0 Å². The zero-order valence-corrected chi connectivity index (χ0v) is 18.8. The number of rotatable bonds is 13. The number of nitrogens with one attached hydrogen (secondary N) is 1. The second kappa shape index (κ2) is 12.0. The van der Waals surface area contributed by atoms with Crippen LogP contribution in [-0.2, 0) is 9.59 Å². The summed E-state index contributed by atoms with van der Waals surface area (Å²) in [6.07, 6.45) is 4.24. The van der Waals surface area contributed by atoms with E-state index in [2.05, 4.69) is 12.2 Å². The Balaban J connectivity index is 1.45. The van der Waals surface area contributed by atoms with Crippen molar-refractivity contribution in [2.45, 2.75) is 45.1 Å². The maximum absolute atomic E-state index is 12.7. The highest BCUT2D eigenvalue weighted by molar-refractivity contribution is 5.91. The molecule has 0 spiro atoms. The number of nitrogens with zero attached hydrogens (tertiary/aromatic N) is 1. The number of unbranched alkanes of at least 4 members (excludes halogenated alkanes) is 1. The molecule has 0 radical (unpaired) electrons. The predicted molar refractivity (Wildman–Crippen MR) is 123 cm³/mol. The molecule has 2 amide bonds. The van der Waals surface area contributed by atoms with Crippen LogP contribution >= 0.6 is 0 Å². The van der Waals surface area contributed by atoms with E-state index in [9.17, 15) is 9.59 Å². The van der Waals surface area contributed by atoms with Gasteiger partial charge in [-0.2, -0.15) is 0 Å². The largest absolute Gasteiger partial charge is 0.494 e. The highest BCUT2D eigenvalue weighted by Crippen LogP contribution is 2.29. The molecule has 1 fully saturated rings. The Morgan fingerprint density at radius 3 is 2.41 bits per heavy atom. The third-order valence-corrected chi connectivity index (χ3v) is 5.21. The number of anilines is 1. The monoisotopic (exact) mass is 440 g/mol. The van der Waals surface area contributed by atoms with Gasteiger partial charge in [0.15, 0.2) is 18.1 Å². The summed E-state index contributed by atoms with van der Waals surface area (Å²) in [5.41, 5.74) is 0.710. The lowest BCUT2D eigenvalue weighted by molar-refractivity contribution is -0.134. The number of hydrogen-bond acceptors (Lipinski definition) is 5. The first-order valence-corrected chi connectivity index (χ1v) is 11.2. The molecule has 7 heteroatoms. The lowest BCUT2D eigenvalue weighted by atomic mass is 10.2. The molecule has 0 unspecified atom stereocenters. The number of para-hydroxylation sites is 2. The molecule has 0 bridgehead atoms. The second-order valence-corrected chi connectivity index (χ2v) is 7.78. The maximum atomic E-state index is 12.7. The highest BCUT2D eigenvalue weighted by Gasteiger charge is 2.32. The Morgan fingerprint density at radius 1 is 1.03 bits per heavy atom. The van der Waals surface area contributed by atoms with Crippen LogP contribution in [0.15, 0.2) is 48.5 Å². The van der Waals surface area contributed by atoms with Gasteiger partial charge in [0, 0.05) is 24.7 Å². The van der Waals surface area contributed by atoms with Crippen LogP contribution in [0.3, 0.4) is 0 Å². The number of ether oxygens (including phenoxy) is 3. The van der Waals surface area contributed by atoms with Crippen LogP contribution in [0.25, 0.3) is 0 Å². The van der Waals surface area contributed by atoms with Gasteiger partial charge in [0.05, 0.1) is 13.7 Å². The molecular weight excluding hydrogens is 408 g/mol. The van der Waals surface area contributed by atoms with Crippen LogP contribution in [0.2, 0.25) is 0 Å². The normalized spacial score (nSPS) is 12.7. The first kappa shape index (κ1) is 23.4. The number of carbonyl (C=O) groups is 2. The van der Waals surface area contributed by atoms with E-state index in [0.29, 0.717) is 30.3 Å². The smallest absolute Gasteiger partial charge is 0.260 e. The molecular formula is C25H32N2O5. The zero-order valence-electron chi connectivity index (χ0n) is 18.8. The minimum absolute atomic E-state index is 0.0853. The molecule has 1 saturated carbocycles.